The van der Waals surface area contributed by atoms with Gasteiger partial charge in [-0.1, -0.05) is 38.1 Å². The lowest BCUT2D eigenvalue weighted by Crippen LogP contribution is -2.41. The molecule has 2 unspecified atom stereocenters. The van der Waals surface area contributed by atoms with Crippen LogP contribution in [-0.4, -0.2) is 61.0 Å². The van der Waals surface area contributed by atoms with Crippen LogP contribution in [0.5, 0.6) is 11.5 Å². The van der Waals surface area contributed by atoms with E-state index >= 15 is 0 Å². The predicted molar refractivity (Wildman–Crippen MR) is 154 cm³/mol. The molecule has 2 atom stereocenters. The van der Waals surface area contributed by atoms with Crippen molar-refractivity contribution in [3.8, 4) is 11.5 Å². The third-order valence-electron chi connectivity index (χ3n) is 7.74. The summed E-state index contributed by atoms with van der Waals surface area (Å²) in [7, 11) is 0. The van der Waals surface area contributed by atoms with Gasteiger partial charge in [0.25, 0.3) is 0 Å². The second-order valence-electron chi connectivity index (χ2n) is 13.8. The quantitative estimate of drug-likeness (QED) is 0.248. The summed E-state index contributed by atoms with van der Waals surface area (Å²) >= 11 is 0. The van der Waals surface area contributed by atoms with E-state index in [0.29, 0.717) is 13.2 Å². The van der Waals surface area contributed by atoms with Gasteiger partial charge in [0.1, 0.15) is 34.9 Å². The van der Waals surface area contributed by atoms with Gasteiger partial charge in [-0.2, -0.15) is 0 Å². The van der Waals surface area contributed by atoms with Gasteiger partial charge in [0.15, 0.2) is 0 Å². The Morgan fingerprint density at radius 3 is 1.15 bits per heavy atom. The van der Waals surface area contributed by atoms with E-state index in [1.54, 1.807) is 0 Å². The van der Waals surface area contributed by atoms with Crippen molar-refractivity contribution in [2.45, 2.75) is 109 Å². The van der Waals surface area contributed by atoms with E-state index in [1.165, 1.54) is 11.1 Å². The topological polar surface area (TPSA) is 62.0 Å². The van der Waals surface area contributed by atoms with Gasteiger partial charge in [-0.05, 0) is 90.8 Å². The first kappa shape index (κ1) is 29.9. The lowest BCUT2D eigenvalue weighted by Gasteiger charge is -2.32. The minimum absolute atomic E-state index is 0.177. The maximum atomic E-state index is 6.29. The van der Waals surface area contributed by atoms with Crippen LogP contribution in [0.3, 0.4) is 0 Å². The lowest BCUT2D eigenvalue weighted by molar-refractivity contribution is -0.0915. The van der Waals surface area contributed by atoms with Crippen LogP contribution in [0.2, 0.25) is 0 Å². The molecule has 39 heavy (non-hydrogen) atoms. The number of benzene rings is 2. The monoisotopic (exact) mass is 540 g/mol. The van der Waals surface area contributed by atoms with Crippen LogP contribution in [0.25, 0.3) is 0 Å². The SMILES string of the molecule is CC(C)(COC(C)(C)C1CO1)Oc1ccc(C(C)(C)c2ccc(OC(C)(C)COC(C)(C)C3CO3)cc2)cc1. The molecule has 6 heteroatoms. The van der Waals surface area contributed by atoms with E-state index in [4.69, 9.17) is 28.4 Å². The first-order valence-electron chi connectivity index (χ1n) is 14.1. The van der Waals surface area contributed by atoms with E-state index in [-0.39, 0.29) is 28.8 Å². The zero-order chi connectivity index (χ0) is 28.7. The van der Waals surface area contributed by atoms with Gasteiger partial charge < -0.3 is 28.4 Å². The third-order valence-corrected chi connectivity index (χ3v) is 7.74. The van der Waals surface area contributed by atoms with Crippen molar-refractivity contribution in [3.63, 3.8) is 0 Å². The summed E-state index contributed by atoms with van der Waals surface area (Å²) in [5.74, 6) is 1.65. The van der Waals surface area contributed by atoms with Crippen molar-refractivity contribution < 1.29 is 28.4 Å². The molecule has 2 fully saturated rings. The Labute approximate surface area is 235 Å². The Morgan fingerprint density at radius 1 is 0.564 bits per heavy atom. The molecule has 2 aliphatic heterocycles. The summed E-state index contributed by atoms with van der Waals surface area (Å²) in [6, 6.07) is 16.7. The first-order valence-corrected chi connectivity index (χ1v) is 14.1. The number of epoxide rings is 2. The van der Waals surface area contributed by atoms with Crippen LogP contribution < -0.4 is 9.47 Å². The van der Waals surface area contributed by atoms with Gasteiger partial charge in [-0.25, -0.2) is 0 Å². The van der Waals surface area contributed by atoms with E-state index in [9.17, 15) is 0 Å². The molecule has 0 radical (unpaired) electrons. The Kier molecular flexibility index (Phi) is 8.19. The van der Waals surface area contributed by atoms with Crippen molar-refractivity contribution in [3.05, 3.63) is 59.7 Å². The van der Waals surface area contributed by atoms with Crippen molar-refractivity contribution in [1.29, 1.82) is 0 Å². The highest BCUT2D eigenvalue weighted by Crippen LogP contribution is 2.35. The highest BCUT2D eigenvalue weighted by molar-refractivity contribution is 5.42. The fourth-order valence-corrected chi connectivity index (χ4v) is 4.55. The summed E-state index contributed by atoms with van der Waals surface area (Å²) in [4.78, 5) is 0. The Balaban J connectivity index is 1.33. The van der Waals surface area contributed by atoms with Crippen molar-refractivity contribution in [2.24, 2.45) is 0 Å². The molecule has 0 spiro atoms. The lowest BCUT2D eigenvalue weighted by atomic mass is 9.78. The number of rotatable bonds is 14. The van der Waals surface area contributed by atoms with Gasteiger partial charge >= 0.3 is 0 Å². The maximum absolute atomic E-state index is 6.29. The number of hydrogen-bond donors (Lipinski definition) is 0. The maximum Gasteiger partial charge on any atom is 0.127 e. The molecule has 0 amide bonds. The first-order chi connectivity index (χ1) is 18.0. The average molecular weight is 541 g/mol. The highest BCUT2D eigenvalue weighted by atomic mass is 16.6. The van der Waals surface area contributed by atoms with Crippen LogP contribution >= 0.6 is 0 Å². The van der Waals surface area contributed by atoms with Crippen molar-refractivity contribution in [2.75, 3.05) is 26.4 Å². The normalized spacial score (nSPS) is 20.1. The molecule has 4 rings (SSSR count). The molecule has 0 bridgehead atoms. The molecule has 2 saturated heterocycles. The molecule has 2 aliphatic rings. The molecule has 0 aliphatic carbocycles. The van der Waals surface area contributed by atoms with Crippen LogP contribution in [0.1, 0.15) is 80.4 Å². The summed E-state index contributed by atoms with van der Waals surface area (Å²) in [6.45, 7) is 23.4. The molecule has 0 saturated carbocycles. The van der Waals surface area contributed by atoms with E-state index in [1.807, 2.05) is 52.0 Å². The van der Waals surface area contributed by atoms with E-state index in [0.717, 1.165) is 24.7 Å². The van der Waals surface area contributed by atoms with Crippen molar-refractivity contribution >= 4 is 0 Å². The minimum atomic E-state index is -0.459. The Hall–Kier alpha value is -2.12. The number of hydrogen-bond acceptors (Lipinski definition) is 6. The average Bonchev–Trinajstić information content (AvgIpc) is 3.74. The molecule has 2 aromatic carbocycles. The molecular weight excluding hydrogens is 492 g/mol. The van der Waals surface area contributed by atoms with E-state index in [2.05, 4.69) is 65.8 Å². The molecule has 0 N–H and O–H groups in total. The minimum Gasteiger partial charge on any atom is -0.485 e. The fourth-order valence-electron chi connectivity index (χ4n) is 4.55. The van der Waals surface area contributed by atoms with Crippen LogP contribution in [0.15, 0.2) is 48.5 Å². The summed E-state index contributed by atoms with van der Waals surface area (Å²) in [5, 5.41) is 0. The van der Waals surface area contributed by atoms with Gasteiger partial charge in [0.05, 0.1) is 37.6 Å². The standard InChI is InChI=1S/C33H48O6/c1-29(2,21-36-32(7,8)27-19-34-27)38-25-15-11-23(12-16-25)31(5,6)24-13-17-26(18-14-24)39-30(3,4)22-37-33(9,10)28-20-35-28/h11-18,27-28H,19-22H2,1-10H3. The van der Waals surface area contributed by atoms with Gasteiger partial charge in [-0.15, -0.1) is 0 Å². The zero-order valence-corrected chi connectivity index (χ0v) is 25.6. The third kappa shape index (κ3) is 7.97. The molecular formula is C33H48O6. The smallest absolute Gasteiger partial charge is 0.127 e. The molecule has 216 valence electrons. The van der Waals surface area contributed by atoms with Gasteiger partial charge in [0, 0.05) is 5.41 Å². The summed E-state index contributed by atoms with van der Waals surface area (Å²) < 4.78 is 35.7. The summed E-state index contributed by atoms with van der Waals surface area (Å²) in [6.07, 6.45) is 0.353. The highest BCUT2D eigenvalue weighted by Gasteiger charge is 2.42. The molecule has 2 heterocycles. The largest absolute Gasteiger partial charge is 0.485 e. The molecule has 6 nitrogen and oxygen atoms in total. The second kappa shape index (κ2) is 10.7. The Morgan fingerprint density at radius 2 is 0.872 bits per heavy atom. The predicted octanol–water partition coefficient (Wildman–Crippen LogP) is 6.72. The Bertz CT molecular complexity index is 1000. The van der Waals surface area contributed by atoms with Crippen LogP contribution in [-0.2, 0) is 24.4 Å². The zero-order valence-electron chi connectivity index (χ0n) is 25.6. The van der Waals surface area contributed by atoms with Gasteiger partial charge in [-0.3, -0.25) is 0 Å². The van der Waals surface area contributed by atoms with E-state index < -0.39 is 11.2 Å². The molecule has 2 aromatic rings. The molecule has 0 aromatic heterocycles. The summed E-state index contributed by atoms with van der Waals surface area (Å²) in [5.41, 5.74) is 0.711. The fraction of sp³-hybridized carbons (Fsp3) is 0.636. The second-order valence-corrected chi connectivity index (χ2v) is 13.8. The number of ether oxygens (including phenoxy) is 6. The van der Waals surface area contributed by atoms with Crippen LogP contribution in [0.4, 0.5) is 0 Å². The van der Waals surface area contributed by atoms with Crippen molar-refractivity contribution in [1.82, 2.24) is 0 Å². The van der Waals surface area contributed by atoms with Crippen LogP contribution in [0, 0.1) is 0 Å². The van der Waals surface area contributed by atoms with Gasteiger partial charge in [0.2, 0.25) is 0 Å².